The van der Waals surface area contributed by atoms with Crippen LogP contribution in [0.2, 0.25) is 0 Å². The number of benzene rings is 2. The fourth-order valence-corrected chi connectivity index (χ4v) is 3.50. The van der Waals surface area contributed by atoms with Crippen LogP contribution in [0.1, 0.15) is 23.0 Å². The highest BCUT2D eigenvalue weighted by molar-refractivity contribution is 7.89. The van der Waals surface area contributed by atoms with Crippen LogP contribution >= 0.6 is 0 Å². The highest BCUT2D eigenvalue weighted by Gasteiger charge is 2.16. The molecule has 3 N–H and O–H groups in total. The Morgan fingerprint density at radius 1 is 1.16 bits per heavy atom. The quantitative estimate of drug-likeness (QED) is 0.458. The summed E-state index contributed by atoms with van der Waals surface area (Å²) in [4.78, 5) is 21.1. The Morgan fingerprint density at radius 3 is 2.53 bits per heavy atom. The molecule has 0 saturated carbocycles. The van der Waals surface area contributed by atoms with Gasteiger partial charge >= 0.3 is 0 Å². The molecule has 2 heterocycles. The van der Waals surface area contributed by atoms with Crippen molar-refractivity contribution in [1.82, 2.24) is 19.7 Å². The smallest absolute Gasteiger partial charge is 0.257 e. The minimum Gasteiger partial charge on any atom is -0.457 e. The Hall–Kier alpha value is -3.83. The summed E-state index contributed by atoms with van der Waals surface area (Å²) in [6.45, 7) is 4.38. The summed E-state index contributed by atoms with van der Waals surface area (Å²) >= 11 is 0. The summed E-state index contributed by atoms with van der Waals surface area (Å²) in [5.41, 5.74) is 1.63. The molecule has 0 radical (unpaired) electrons. The first-order valence-electron chi connectivity index (χ1n) is 9.65. The molecule has 0 aliphatic heterocycles. The van der Waals surface area contributed by atoms with E-state index in [1.165, 1.54) is 30.5 Å². The molecule has 0 atom stereocenters. The molecule has 32 heavy (non-hydrogen) atoms. The van der Waals surface area contributed by atoms with E-state index in [1.807, 2.05) is 13.1 Å². The molecule has 1 amide bonds. The average molecular weight is 452 g/mol. The number of carbonyl (C=O) groups excluding carboxylic acids is 1. The first kappa shape index (κ1) is 21.4. The third-order valence-electron chi connectivity index (χ3n) is 4.62. The molecule has 0 bridgehead atoms. The van der Waals surface area contributed by atoms with Gasteiger partial charge in [0, 0.05) is 18.3 Å². The van der Waals surface area contributed by atoms with E-state index in [1.54, 1.807) is 29.9 Å². The molecule has 4 rings (SSSR count). The largest absolute Gasteiger partial charge is 0.457 e. The van der Waals surface area contributed by atoms with Crippen molar-refractivity contribution in [2.45, 2.75) is 25.3 Å². The van der Waals surface area contributed by atoms with E-state index >= 15 is 0 Å². The lowest BCUT2D eigenvalue weighted by molar-refractivity contribution is 0.102. The number of aryl methyl sites for hydroxylation is 2. The van der Waals surface area contributed by atoms with Crippen LogP contribution in [0.15, 0.2) is 59.9 Å². The maximum absolute atomic E-state index is 12.8. The number of nitrogens with two attached hydrogens (primary N) is 1. The van der Waals surface area contributed by atoms with Crippen LogP contribution in [0.3, 0.4) is 0 Å². The standard InChI is InChI=1S/C21H20N6O4S/c1-3-27-12-17-18(26-27)8-14(21(28)25-20-11-23-13(2)10-24-20)9-19(17)31-15-4-6-16(7-5-15)32(22,29)30/h4-12H,3H2,1-2H3,(H2,22,29,30)(H,24,25,28). The number of primary sulfonamides is 1. The number of fused-ring (bicyclic) bond motifs is 1. The number of anilines is 1. The van der Waals surface area contributed by atoms with Crippen molar-refractivity contribution in [2.75, 3.05) is 5.32 Å². The molecule has 10 nitrogen and oxygen atoms in total. The van der Waals surface area contributed by atoms with Crippen molar-refractivity contribution in [3.63, 3.8) is 0 Å². The lowest BCUT2D eigenvalue weighted by Gasteiger charge is -2.10. The van der Waals surface area contributed by atoms with Crippen LogP contribution in [0.25, 0.3) is 10.9 Å². The summed E-state index contributed by atoms with van der Waals surface area (Å²) in [7, 11) is -3.81. The summed E-state index contributed by atoms with van der Waals surface area (Å²) in [6, 6.07) is 8.94. The first-order valence-corrected chi connectivity index (χ1v) is 11.2. The number of sulfonamides is 1. The van der Waals surface area contributed by atoms with Crippen LogP contribution in [0, 0.1) is 6.92 Å². The second-order valence-corrected chi connectivity index (χ2v) is 8.57. The summed E-state index contributed by atoms with van der Waals surface area (Å²) < 4.78 is 30.7. The SMILES string of the molecule is CCn1cc2c(Oc3ccc(S(N)(=O)=O)cc3)cc(C(=O)Nc3cnc(C)cn3)cc2n1. The fourth-order valence-electron chi connectivity index (χ4n) is 2.99. The van der Waals surface area contributed by atoms with Gasteiger partial charge in [0.05, 0.1) is 33.9 Å². The van der Waals surface area contributed by atoms with Crippen molar-refractivity contribution < 1.29 is 17.9 Å². The molecule has 0 fully saturated rings. The van der Waals surface area contributed by atoms with E-state index in [-0.39, 0.29) is 4.90 Å². The molecule has 2 aromatic heterocycles. The van der Waals surface area contributed by atoms with Crippen LogP contribution in [-0.2, 0) is 16.6 Å². The molecular weight excluding hydrogens is 432 g/mol. The normalized spacial score (nSPS) is 11.5. The molecule has 0 aliphatic rings. The maximum atomic E-state index is 12.8. The van der Waals surface area contributed by atoms with E-state index in [0.29, 0.717) is 40.3 Å². The Balaban J connectivity index is 1.69. The number of nitrogens with zero attached hydrogens (tertiary/aromatic N) is 4. The Morgan fingerprint density at radius 2 is 1.91 bits per heavy atom. The Kier molecular flexibility index (Phi) is 5.59. The van der Waals surface area contributed by atoms with E-state index in [9.17, 15) is 13.2 Å². The minimum atomic E-state index is -3.81. The highest BCUT2D eigenvalue weighted by Crippen LogP contribution is 2.32. The number of hydrogen-bond acceptors (Lipinski definition) is 7. The fraction of sp³-hybridized carbons (Fsp3) is 0.143. The molecule has 0 unspecified atom stereocenters. The average Bonchev–Trinajstić information content (AvgIpc) is 3.19. The molecule has 4 aromatic rings. The summed E-state index contributed by atoms with van der Waals surface area (Å²) in [5.74, 6) is 0.696. The van der Waals surface area contributed by atoms with Crippen LogP contribution in [0.5, 0.6) is 11.5 Å². The van der Waals surface area contributed by atoms with Crippen LogP contribution in [-0.4, -0.2) is 34.1 Å². The monoisotopic (exact) mass is 452 g/mol. The van der Waals surface area contributed by atoms with Gasteiger partial charge in [-0.05, 0) is 50.2 Å². The van der Waals surface area contributed by atoms with E-state index in [2.05, 4.69) is 20.4 Å². The lowest BCUT2D eigenvalue weighted by Crippen LogP contribution is -2.13. The van der Waals surface area contributed by atoms with Gasteiger partial charge in [-0.25, -0.2) is 18.5 Å². The Bertz CT molecular complexity index is 1400. The van der Waals surface area contributed by atoms with E-state index < -0.39 is 15.9 Å². The van der Waals surface area contributed by atoms with Gasteiger partial charge in [-0.1, -0.05) is 0 Å². The molecule has 2 aromatic carbocycles. The van der Waals surface area contributed by atoms with Gasteiger partial charge in [-0.15, -0.1) is 0 Å². The second kappa shape index (κ2) is 8.36. The minimum absolute atomic E-state index is 0.0267. The van der Waals surface area contributed by atoms with E-state index in [0.717, 1.165) is 5.69 Å². The predicted octanol–water partition coefficient (Wildman–Crippen LogP) is 2.85. The van der Waals surface area contributed by atoms with Gasteiger partial charge < -0.3 is 10.1 Å². The topological polar surface area (TPSA) is 142 Å². The number of nitrogens with one attached hydrogen (secondary N) is 1. The Labute approximate surface area is 184 Å². The maximum Gasteiger partial charge on any atom is 0.257 e. The molecule has 164 valence electrons. The number of ether oxygens (including phenoxy) is 1. The zero-order chi connectivity index (χ0) is 22.9. The van der Waals surface area contributed by atoms with Gasteiger partial charge in [-0.3, -0.25) is 14.5 Å². The number of amides is 1. The van der Waals surface area contributed by atoms with Gasteiger partial charge in [0.15, 0.2) is 5.82 Å². The van der Waals surface area contributed by atoms with E-state index in [4.69, 9.17) is 9.88 Å². The molecule has 0 saturated heterocycles. The molecule has 0 spiro atoms. The van der Waals surface area contributed by atoms with Gasteiger partial charge in [0.1, 0.15) is 11.5 Å². The van der Waals surface area contributed by atoms with Gasteiger partial charge in [0.25, 0.3) is 5.91 Å². The summed E-state index contributed by atoms with van der Waals surface area (Å²) in [5, 5.41) is 13.0. The van der Waals surface area contributed by atoms with Crippen molar-refractivity contribution in [1.29, 1.82) is 0 Å². The van der Waals surface area contributed by atoms with Crippen LogP contribution < -0.4 is 15.2 Å². The van der Waals surface area contributed by atoms with Crippen LogP contribution in [0.4, 0.5) is 5.82 Å². The zero-order valence-electron chi connectivity index (χ0n) is 17.3. The van der Waals surface area contributed by atoms with Crippen molar-refractivity contribution in [2.24, 2.45) is 5.14 Å². The van der Waals surface area contributed by atoms with Gasteiger partial charge in [-0.2, -0.15) is 5.10 Å². The number of hydrogen-bond donors (Lipinski definition) is 2. The zero-order valence-corrected chi connectivity index (χ0v) is 18.1. The van der Waals surface area contributed by atoms with Crippen molar-refractivity contribution in [3.8, 4) is 11.5 Å². The molecular formula is C21H20N6O4S. The molecule has 0 aliphatic carbocycles. The number of carbonyl (C=O) groups is 1. The predicted molar refractivity (Wildman–Crippen MR) is 118 cm³/mol. The third kappa shape index (κ3) is 4.58. The van der Waals surface area contributed by atoms with Crippen molar-refractivity contribution in [3.05, 3.63) is 66.2 Å². The third-order valence-corrected chi connectivity index (χ3v) is 5.55. The second-order valence-electron chi connectivity index (χ2n) is 7.01. The highest BCUT2D eigenvalue weighted by atomic mass is 32.2. The van der Waals surface area contributed by atoms with Crippen molar-refractivity contribution >= 4 is 32.7 Å². The first-order chi connectivity index (χ1) is 15.2. The lowest BCUT2D eigenvalue weighted by atomic mass is 10.1. The summed E-state index contributed by atoms with van der Waals surface area (Å²) in [6.07, 6.45) is 4.85. The number of rotatable bonds is 6. The van der Waals surface area contributed by atoms with Gasteiger partial charge in [0.2, 0.25) is 10.0 Å². The molecule has 11 heteroatoms. The number of aromatic nitrogens is 4.